The molecule has 15 heavy (non-hydrogen) atoms. The second-order valence-corrected chi connectivity index (χ2v) is 4.31. The topological polar surface area (TPSA) is 61.8 Å². The molecule has 1 rings (SSSR count). The molecular formula is C10H14BrN3O. The first-order valence-electron chi connectivity index (χ1n) is 4.51. The molecule has 0 spiro atoms. The van der Waals surface area contributed by atoms with Crippen molar-refractivity contribution in [2.75, 3.05) is 13.6 Å². The lowest BCUT2D eigenvalue weighted by atomic mass is 10.2. The number of nitrogens with two attached hydrogens (primary N) is 1. The van der Waals surface area contributed by atoms with Crippen molar-refractivity contribution in [3.8, 4) is 0 Å². The molecule has 0 aliphatic heterocycles. The molecule has 0 heterocycles. The van der Waals surface area contributed by atoms with Crippen LogP contribution in [0.25, 0.3) is 0 Å². The molecular weight excluding hydrogens is 258 g/mol. The Morgan fingerprint density at radius 1 is 1.60 bits per heavy atom. The highest BCUT2D eigenvalue weighted by molar-refractivity contribution is 9.10. The van der Waals surface area contributed by atoms with Gasteiger partial charge in [-0.15, -0.1) is 0 Å². The van der Waals surface area contributed by atoms with Gasteiger partial charge in [-0.1, -0.05) is 33.2 Å². The molecule has 0 saturated carbocycles. The van der Waals surface area contributed by atoms with Crippen LogP contribution < -0.4 is 5.73 Å². The third kappa shape index (κ3) is 4.31. The lowest BCUT2D eigenvalue weighted by Gasteiger charge is -2.15. The van der Waals surface area contributed by atoms with Gasteiger partial charge >= 0.3 is 0 Å². The van der Waals surface area contributed by atoms with Crippen LogP contribution in [-0.2, 0) is 6.54 Å². The van der Waals surface area contributed by atoms with Gasteiger partial charge in [0.1, 0.15) is 0 Å². The van der Waals surface area contributed by atoms with Crippen LogP contribution in [0, 0.1) is 0 Å². The monoisotopic (exact) mass is 271 g/mol. The summed E-state index contributed by atoms with van der Waals surface area (Å²) in [6.45, 7) is 1.21. The van der Waals surface area contributed by atoms with E-state index in [1.807, 2.05) is 36.2 Å². The van der Waals surface area contributed by atoms with Crippen molar-refractivity contribution < 1.29 is 5.21 Å². The maximum Gasteiger partial charge on any atom is 0.153 e. The van der Waals surface area contributed by atoms with E-state index in [-0.39, 0.29) is 5.84 Å². The first-order chi connectivity index (χ1) is 7.11. The molecule has 0 saturated heterocycles. The average Bonchev–Trinajstić information content (AvgIpc) is 2.17. The van der Waals surface area contributed by atoms with Crippen LogP contribution in [0.4, 0.5) is 0 Å². The van der Waals surface area contributed by atoms with E-state index < -0.39 is 0 Å². The Morgan fingerprint density at radius 2 is 2.33 bits per heavy atom. The summed E-state index contributed by atoms with van der Waals surface area (Å²) in [6.07, 6.45) is 0. The van der Waals surface area contributed by atoms with E-state index in [0.29, 0.717) is 6.54 Å². The summed E-state index contributed by atoms with van der Waals surface area (Å²) in [4.78, 5) is 1.97. The fourth-order valence-electron chi connectivity index (χ4n) is 1.31. The lowest BCUT2D eigenvalue weighted by Crippen LogP contribution is -2.30. The summed E-state index contributed by atoms with van der Waals surface area (Å²) in [5, 5.41) is 11.4. The number of hydrogen-bond donors (Lipinski definition) is 2. The van der Waals surface area contributed by atoms with Crippen molar-refractivity contribution in [2.45, 2.75) is 6.54 Å². The standard InChI is InChI=1S/C10H14BrN3O/c1-14(7-10(12)13-15)6-8-3-2-4-9(11)5-8/h2-5,15H,6-7H2,1H3,(H2,12,13). The average molecular weight is 272 g/mol. The van der Waals surface area contributed by atoms with Crippen LogP contribution in [0.3, 0.4) is 0 Å². The predicted molar refractivity (Wildman–Crippen MR) is 63.9 cm³/mol. The summed E-state index contributed by atoms with van der Waals surface area (Å²) in [7, 11) is 1.92. The summed E-state index contributed by atoms with van der Waals surface area (Å²) in [6, 6.07) is 8.04. The molecule has 5 heteroatoms. The normalized spacial score (nSPS) is 12.1. The van der Waals surface area contributed by atoms with Crippen molar-refractivity contribution in [2.24, 2.45) is 10.9 Å². The van der Waals surface area contributed by atoms with Crippen LogP contribution >= 0.6 is 15.9 Å². The van der Waals surface area contributed by atoms with Gasteiger partial charge in [0.2, 0.25) is 0 Å². The Morgan fingerprint density at radius 3 is 2.93 bits per heavy atom. The molecule has 3 N–H and O–H groups in total. The van der Waals surface area contributed by atoms with E-state index in [4.69, 9.17) is 10.9 Å². The van der Waals surface area contributed by atoms with Gasteiger partial charge in [0.15, 0.2) is 5.84 Å². The van der Waals surface area contributed by atoms with Gasteiger partial charge < -0.3 is 10.9 Å². The van der Waals surface area contributed by atoms with Crippen molar-refractivity contribution in [1.82, 2.24) is 4.90 Å². The van der Waals surface area contributed by atoms with E-state index in [1.165, 1.54) is 5.56 Å². The number of rotatable bonds is 4. The van der Waals surface area contributed by atoms with Gasteiger partial charge in [-0.05, 0) is 24.7 Å². The number of hydrogen-bond acceptors (Lipinski definition) is 3. The molecule has 1 aromatic carbocycles. The summed E-state index contributed by atoms with van der Waals surface area (Å²) in [5.41, 5.74) is 6.58. The van der Waals surface area contributed by atoms with Crippen molar-refractivity contribution in [3.05, 3.63) is 34.3 Å². The molecule has 0 fully saturated rings. The minimum atomic E-state index is 0.215. The zero-order valence-electron chi connectivity index (χ0n) is 8.52. The Kier molecular flexibility index (Phi) is 4.58. The molecule has 0 atom stereocenters. The second kappa shape index (κ2) is 5.72. The molecule has 1 aromatic rings. The van der Waals surface area contributed by atoms with Gasteiger partial charge in [-0.3, -0.25) is 4.90 Å². The number of likely N-dealkylation sites (N-methyl/N-ethyl adjacent to an activating group) is 1. The van der Waals surface area contributed by atoms with E-state index in [2.05, 4.69) is 21.1 Å². The summed E-state index contributed by atoms with van der Waals surface area (Å²) < 4.78 is 1.05. The molecule has 0 aromatic heterocycles. The number of oxime groups is 1. The molecule has 0 aliphatic carbocycles. The quantitative estimate of drug-likeness (QED) is 0.379. The molecule has 4 nitrogen and oxygen atoms in total. The van der Waals surface area contributed by atoms with Crippen molar-refractivity contribution >= 4 is 21.8 Å². The first-order valence-corrected chi connectivity index (χ1v) is 5.30. The third-order valence-electron chi connectivity index (χ3n) is 1.90. The highest BCUT2D eigenvalue weighted by Gasteiger charge is 2.03. The van der Waals surface area contributed by atoms with Crippen LogP contribution in [0.15, 0.2) is 33.9 Å². The van der Waals surface area contributed by atoms with Crippen molar-refractivity contribution in [3.63, 3.8) is 0 Å². The smallest absolute Gasteiger partial charge is 0.153 e. The van der Waals surface area contributed by atoms with E-state index in [0.717, 1.165) is 11.0 Å². The maximum atomic E-state index is 8.42. The predicted octanol–water partition coefficient (Wildman–Crippen LogP) is 1.63. The molecule has 0 bridgehead atoms. The SMILES string of the molecule is CN(CC(N)=NO)Cc1cccc(Br)c1. The number of benzene rings is 1. The molecule has 82 valence electrons. The highest BCUT2D eigenvalue weighted by atomic mass is 79.9. The highest BCUT2D eigenvalue weighted by Crippen LogP contribution is 2.12. The van der Waals surface area contributed by atoms with Gasteiger partial charge in [-0.25, -0.2) is 0 Å². The van der Waals surface area contributed by atoms with Crippen LogP contribution in [-0.4, -0.2) is 29.5 Å². The largest absolute Gasteiger partial charge is 0.409 e. The lowest BCUT2D eigenvalue weighted by molar-refractivity contribution is 0.308. The summed E-state index contributed by atoms with van der Waals surface area (Å²) in [5.74, 6) is 0.215. The molecule has 0 amide bonds. The van der Waals surface area contributed by atoms with Gasteiger partial charge in [-0.2, -0.15) is 0 Å². The number of nitrogens with zero attached hydrogens (tertiary/aromatic N) is 2. The molecule has 0 unspecified atom stereocenters. The minimum Gasteiger partial charge on any atom is -0.409 e. The maximum absolute atomic E-state index is 8.42. The zero-order valence-corrected chi connectivity index (χ0v) is 10.1. The number of amidine groups is 1. The van der Waals surface area contributed by atoms with Crippen LogP contribution in [0.2, 0.25) is 0 Å². The first kappa shape index (κ1) is 12.0. The second-order valence-electron chi connectivity index (χ2n) is 3.39. The van der Waals surface area contributed by atoms with E-state index >= 15 is 0 Å². The van der Waals surface area contributed by atoms with E-state index in [9.17, 15) is 0 Å². The van der Waals surface area contributed by atoms with E-state index in [1.54, 1.807) is 0 Å². The van der Waals surface area contributed by atoms with Gasteiger partial charge in [0.25, 0.3) is 0 Å². The van der Waals surface area contributed by atoms with Crippen molar-refractivity contribution in [1.29, 1.82) is 0 Å². The minimum absolute atomic E-state index is 0.215. The fraction of sp³-hybridized carbons (Fsp3) is 0.300. The molecule has 0 aliphatic rings. The summed E-state index contributed by atoms with van der Waals surface area (Å²) >= 11 is 3.41. The van der Waals surface area contributed by atoms with Gasteiger partial charge in [0.05, 0.1) is 6.54 Å². The number of halogens is 1. The van der Waals surface area contributed by atoms with Crippen LogP contribution in [0.1, 0.15) is 5.56 Å². The Balaban J connectivity index is 2.55. The van der Waals surface area contributed by atoms with Gasteiger partial charge in [0, 0.05) is 11.0 Å². The third-order valence-corrected chi connectivity index (χ3v) is 2.40. The Hall–Kier alpha value is -1.07. The Bertz CT molecular complexity index is 354. The molecule has 0 radical (unpaired) electrons. The van der Waals surface area contributed by atoms with Crippen LogP contribution in [0.5, 0.6) is 0 Å². The Labute approximate surface area is 97.5 Å². The fourth-order valence-corrected chi connectivity index (χ4v) is 1.76. The zero-order chi connectivity index (χ0) is 11.3.